The van der Waals surface area contributed by atoms with E-state index in [1.807, 2.05) is 11.8 Å². The first kappa shape index (κ1) is 12.9. The highest BCUT2D eigenvalue weighted by molar-refractivity contribution is 7.10. The number of ether oxygens (including phenoxy) is 1. The van der Waals surface area contributed by atoms with Crippen LogP contribution in [0.1, 0.15) is 30.2 Å². The average molecular weight is 280 g/mol. The van der Waals surface area contributed by atoms with Gasteiger partial charge in [-0.15, -0.1) is 11.3 Å². The summed E-state index contributed by atoms with van der Waals surface area (Å²) in [6, 6.07) is 2.27. The highest BCUT2D eigenvalue weighted by atomic mass is 32.1. The molecule has 104 valence electrons. The van der Waals surface area contributed by atoms with Crippen LogP contribution in [0.3, 0.4) is 0 Å². The predicted molar refractivity (Wildman–Crippen MR) is 75.4 cm³/mol. The molecule has 2 aliphatic heterocycles. The van der Waals surface area contributed by atoms with Crippen molar-refractivity contribution in [2.24, 2.45) is 0 Å². The van der Waals surface area contributed by atoms with Gasteiger partial charge in [-0.3, -0.25) is 0 Å². The minimum absolute atomic E-state index is 0.0415. The highest BCUT2D eigenvalue weighted by Gasteiger charge is 2.27. The zero-order valence-corrected chi connectivity index (χ0v) is 12.0. The lowest BCUT2D eigenvalue weighted by Crippen LogP contribution is -2.49. The quantitative estimate of drug-likeness (QED) is 0.903. The third kappa shape index (κ3) is 2.77. The van der Waals surface area contributed by atoms with Gasteiger partial charge in [0.2, 0.25) is 0 Å². The van der Waals surface area contributed by atoms with E-state index in [0.717, 1.165) is 39.0 Å². The molecule has 0 spiro atoms. The fraction of sp³-hybridized carbons (Fsp3) is 0.643. The lowest BCUT2D eigenvalue weighted by Gasteiger charge is -2.29. The summed E-state index contributed by atoms with van der Waals surface area (Å²) in [6.45, 7) is 4.42. The van der Waals surface area contributed by atoms with Crippen LogP contribution < -0.4 is 5.32 Å². The molecule has 5 heteroatoms. The van der Waals surface area contributed by atoms with Gasteiger partial charge in [-0.2, -0.15) is 0 Å². The number of hydrogen-bond donors (Lipinski definition) is 1. The van der Waals surface area contributed by atoms with Crippen molar-refractivity contribution < 1.29 is 9.53 Å². The summed E-state index contributed by atoms with van der Waals surface area (Å²) in [5, 5.41) is 5.19. The normalized spacial score (nSPS) is 24.1. The molecule has 2 amide bonds. The lowest BCUT2D eigenvalue weighted by atomic mass is 10.1. The second-order valence-corrected chi connectivity index (χ2v) is 6.33. The molecule has 0 radical (unpaired) electrons. The molecule has 2 aliphatic rings. The molecule has 0 aromatic carbocycles. The van der Waals surface area contributed by atoms with E-state index in [1.54, 1.807) is 11.3 Å². The third-order valence-electron chi connectivity index (χ3n) is 3.97. The first-order valence-electron chi connectivity index (χ1n) is 6.96. The molecule has 19 heavy (non-hydrogen) atoms. The highest BCUT2D eigenvalue weighted by Crippen LogP contribution is 2.24. The first-order valence-corrected chi connectivity index (χ1v) is 7.84. The Balaban J connectivity index is 1.56. The monoisotopic (exact) mass is 280 g/mol. The second kappa shape index (κ2) is 5.51. The lowest BCUT2D eigenvalue weighted by molar-refractivity contribution is 0.0829. The average Bonchev–Trinajstić information content (AvgIpc) is 3.09. The number of fused-ring (bicyclic) bond motifs is 1. The van der Waals surface area contributed by atoms with Gasteiger partial charge in [-0.25, -0.2) is 4.79 Å². The number of amides is 2. The smallest absolute Gasteiger partial charge is 0.318 e. The van der Waals surface area contributed by atoms with Crippen molar-refractivity contribution in [3.63, 3.8) is 0 Å². The Morgan fingerprint density at radius 3 is 3.32 bits per heavy atom. The van der Waals surface area contributed by atoms with Crippen molar-refractivity contribution in [2.45, 2.75) is 44.9 Å². The van der Waals surface area contributed by atoms with Crippen molar-refractivity contribution in [1.82, 2.24) is 10.2 Å². The van der Waals surface area contributed by atoms with Crippen molar-refractivity contribution in [2.75, 3.05) is 13.2 Å². The zero-order chi connectivity index (χ0) is 13.2. The number of nitrogens with zero attached hydrogens (tertiary/aromatic N) is 1. The maximum Gasteiger partial charge on any atom is 0.318 e. The fourth-order valence-electron chi connectivity index (χ4n) is 2.80. The molecule has 0 unspecified atom stereocenters. The summed E-state index contributed by atoms with van der Waals surface area (Å²) in [6.07, 6.45) is 3.32. The number of thiophene rings is 1. The number of carbonyl (C=O) groups excluding carboxylic acids is 1. The van der Waals surface area contributed by atoms with Crippen LogP contribution in [0.5, 0.6) is 0 Å². The Labute approximate surface area is 117 Å². The molecule has 0 bridgehead atoms. The van der Waals surface area contributed by atoms with Crippen LogP contribution in [0.2, 0.25) is 0 Å². The first-order chi connectivity index (χ1) is 9.24. The van der Waals surface area contributed by atoms with Crippen LogP contribution in [0, 0.1) is 0 Å². The molecule has 4 nitrogen and oxygen atoms in total. The van der Waals surface area contributed by atoms with Gasteiger partial charge in [-0.05, 0) is 43.2 Å². The number of urea groups is 1. The summed E-state index contributed by atoms with van der Waals surface area (Å²) in [4.78, 5) is 15.6. The SMILES string of the molecule is C[C@H](NC(=O)N1CCc2sccc2C1)[C@H]1CCCO1. The van der Waals surface area contributed by atoms with Gasteiger partial charge in [0, 0.05) is 24.6 Å². The third-order valence-corrected chi connectivity index (χ3v) is 4.99. The molecular formula is C14H20N2O2S. The minimum Gasteiger partial charge on any atom is -0.376 e. The minimum atomic E-state index is 0.0415. The van der Waals surface area contributed by atoms with Gasteiger partial charge in [0.15, 0.2) is 0 Å². The van der Waals surface area contributed by atoms with Crippen LogP contribution >= 0.6 is 11.3 Å². The molecule has 1 aromatic heterocycles. The molecule has 1 aromatic rings. The number of hydrogen-bond acceptors (Lipinski definition) is 3. The topological polar surface area (TPSA) is 41.6 Å². The largest absolute Gasteiger partial charge is 0.376 e. The van der Waals surface area contributed by atoms with Gasteiger partial charge in [0.25, 0.3) is 0 Å². The van der Waals surface area contributed by atoms with Crippen LogP contribution in [-0.2, 0) is 17.7 Å². The van der Waals surface area contributed by atoms with Gasteiger partial charge in [0.1, 0.15) is 0 Å². The standard InChI is InChI=1S/C14H20N2O2S/c1-10(12-3-2-7-18-12)15-14(17)16-6-4-13-11(9-16)5-8-19-13/h5,8,10,12H,2-4,6-7,9H2,1H3,(H,15,17)/t10-,12+/m0/s1. The summed E-state index contributed by atoms with van der Waals surface area (Å²) in [5.74, 6) is 0. The summed E-state index contributed by atoms with van der Waals surface area (Å²) in [7, 11) is 0. The van der Waals surface area contributed by atoms with Gasteiger partial charge < -0.3 is 15.0 Å². The Hall–Kier alpha value is -1.07. The molecule has 2 atom stereocenters. The number of rotatable bonds is 2. The van der Waals surface area contributed by atoms with Crippen molar-refractivity contribution in [3.8, 4) is 0 Å². The van der Waals surface area contributed by atoms with Crippen molar-refractivity contribution in [1.29, 1.82) is 0 Å². The predicted octanol–water partition coefficient (Wildman–Crippen LogP) is 2.38. The van der Waals surface area contributed by atoms with E-state index in [1.165, 1.54) is 10.4 Å². The van der Waals surface area contributed by atoms with E-state index in [0.29, 0.717) is 0 Å². The maximum atomic E-state index is 12.3. The van der Waals surface area contributed by atoms with E-state index in [4.69, 9.17) is 4.74 Å². The molecule has 3 heterocycles. The second-order valence-electron chi connectivity index (χ2n) is 5.33. The van der Waals surface area contributed by atoms with E-state index >= 15 is 0 Å². The molecule has 1 saturated heterocycles. The van der Waals surface area contributed by atoms with Crippen LogP contribution in [0.4, 0.5) is 4.79 Å². The Bertz CT molecular complexity index is 454. The summed E-state index contributed by atoms with van der Waals surface area (Å²) < 4.78 is 5.62. The zero-order valence-electron chi connectivity index (χ0n) is 11.2. The van der Waals surface area contributed by atoms with E-state index in [2.05, 4.69) is 16.8 Å². The Morgan fingerprint density at radius 2 is 2.53 bits per heavy atom. The maximum absolute atomic E-state index is 12.3. The Kier molecular flexibility index (Phi) is 3.75. The van der Waals surface area contributed by atoms with Gasteiger partial charge >= 0.3 is 6.03 Å². The van der Waals surface area contributed by atoms with Crippen molar-refractivity contribution in [3.05, 3.63) is 21.9 Å². The summed E-state index contributed by atoms with van der Waals surface area (Å²) >= 11 is 1.80. The van der Waals surface area contributed by atoms with Crippen LogP contribution in [-0.4, -0.2) is 36.2 Å². The molecule has 0 aliphatic carbocycles. The van der Waals surface area contributed by atoms with Gasteiger partial charge in [-0.1, -0.05) is 0 Å². The molecule has 1 N–H and O–H groups in total. The number of nitrogens with one attached hydrogen (secondary N) is 1. The van der Waals surface area contributed by atoms with Crippen LogP contribution in [0.25, 0.3) is 0 Å². The molecule has 3 rings (SSSR count). The van der Waals surface area contributed by atoms with Crippen LogP contribution in [0.15, 0.2) is 11.4 Å². The van der Waals surface area contributed by atoms with Gasteiger partial charge in [0.05, 0.1) is 12.1 Å². The molecule has 1 fully saturated rings. The van der Waals surface area contributed by atoms with E-state index in [9.17, 15) is 4.79 Å². The summed E-state index contributed by atoms with van der Waals surface area (Å²) in [5.41, 5.74) is 1.30. The molecular weight excluding hydrogens is 260 g/mol. The van der Waals surface area contributed by atoms with E-state index < -0.39 is 0 Å². The number of carbonyl (C=O) groups is 1. The fourth-order valence-corrected chi connectivity index (χ4v) is 3.69. The van der Waals surface area contributed by atoms with E-state index in [-0.39, 0.29) is 18.2 Å². The molecule has 0 saturated carbocycles. The van der Waals surface area contributed by atoms with Crippen molar-refractivity contribution >= 4 is 17.4 Å². The Morgan fingerprint density at radius 1 is 1.63 bits per heavy atom.